The number of hydrogen-bond donors (Lipinski definition) is 2. The van der Waals surface area contributed by atoms with Crippen LogP contribution in [0.5, 0.6) is 0 Å². The lowest BCUT2D eigenvalue weighted by Gasteiger charge is -2.17. The summed E-state index contributed by atoms with van der Waals surface area (Å²) < 4.78 is 39.0. The zero-order valence-corrected chi connectivity index (χ0v) is 15.3. The second-order valence-electron chi connectivity index (χ2n) is 6.46. The molecule has 2 aromatic rings. The summed E-state index contributed by atoms with van der Waals surface area (Å²) in [5, 5.41) is 4.81. The van der Waals surface area contributed by atoms with Gasteiger partial charge in [0.05, 0.1) is 11.3 Å². The van der Waals surface area contributed by atoms with Crippen molar-refractivity contribution in [3.05, 3.63) is 59.2 Å². The molecule has 0 aliphatic carbocycles. The van der Waals surface area contributed by atoms with E-state index in [1.54, 1.807) is 11.0 Å². The van der Waals surface area contributed by atoms with Gasteiger partial charge in [-0.15, -0.1) is 0 Å². The maximum absolute atomic E-state index is 13.0. The minimum Gasteiger partial charge on any atom is -0.334 e. The Kier molecular flexibility index (Phi) is 5.58. The number of nitrogens with one attached hydrogen (secondary N) is 2. The van der Waals surface area contributed by atoms with Gasteiger partial charge in [-0.25, -0.2) is 4.79 Å². The van der Waals surface area contributed by atoms with Gasteiger partial charge in [-0.3, -0.25) is 4.79 Å². The molecule has 148 valence electrons. The van der Waals surface area contributed by atoms with Crippen molar-refractivity contribution in [2.45, 2.75) is 32.5 Å². The molecule has 28 heavy (non-hydrogen) atoms. The third-order valence-electron chi connectivity index (χ3n) is 4.58. The molecule has 1 aliphatic heterocycles. The maximum Gasteiger partial charge on any atom is 0.418 e. The molecule has 3 amide bonds. The lowest BCUT2D eigenvalue weighted by molar-refractivity contribution is -0.136. The Labute approximate surface area is 160 Å². The van der Waals surface area contributed by atoms with Gasteiger partial charge in [0.2, 0.25) is 5.91 Å². The molecular formula is C20H20F3N3O2. The molecule has 0 saturated heterocycles. The van der Waals surface area contributed by atoms with Crippen LogP contribution in [0.1, 0.15) is 30.0 Å². The number of anilines is 2. The summed E-state index contributed by atoms with van der Waals surface area (Å²) in [6.07, 6.45) is -3.38. The minimum absolute atomic E-state index is 0.0623. The van der Waals surface area contributed by atoms with E-state index in [1.165, 1.54) is 18.2 Å². The van der Waals surface area contributed by atoms with Gasteiger partial charge in [0.1, 0.15) is 0 Å². The first-order valence-electron chi connectivity index (χ1n) is 8.93. The summed E-state index contributed by atoms with van der Waals surface area (Å²) in [4.78, 5) is 25.7. The van der Waals surface area contributed by atoms with Crippen LogP contribution in [0.15, 0.2) is 42.5 Å². The average Bonchev–Trinajstić information content (AvgIpc) is 3.08. The van der Waals surface area contributed by atoms with E-state index in [1.807, 2.05) is 19.1 Å². The van der Waals surface area contributed by atoms with E-state index in [2.05, 4.69) is 10.6 Å². The van der Waals surface area contributed by atoms with Gasteiger partial charge in [0.25, 0.3) is 0 Å². The lowest BCUT2D eigenvalue weighted by atomic mass is 10.1. The van der Waals surface area contributed by atoms with Gasteiger partial charge in [-0.1, -0.05) is 31.2 Å². The summed E-state index contributed by atoms with van der Waals surface area (Å²) in [5.74, 6) is 0.0623. The van der Waals surface area contributed by atoms with Gasteiger partial charge in [-0.05, 0) is 35.7 Å². The molecule has 0 radical (unpaired) electrons. The molecule has 0 aromatic heterocycles. The number of carbonyl (C=O) groups excluding carboxylic acids is 2. The first-order chi connectivity index (χ1) is 13.3. The number of para-hydroxylation sites is 1. The topological polar surface area (TPSA) is 61.4 Å². The van der Waals surface area contributed by atoms with Crippen molar-refractivity contribution in [3.8, 4) is 0 Å². The predicted molar refractivity (Wildman–Crippen MR) is 100 cm³/mol. The number of hydrogen-bond acceptors (Lipinski definition) is 2. The Morgan fingerprint density at radius 3 is 2.61 bits per heavy atom. The Morgan fingerprint density at radius 2 is 1.89 bits per heavy atom. The Morgan fingerprint density at radius 1 is 1.14 bits per heavy atom. The van der Waals surface area contributed by atoms with Gasteiger partial charge in [0, 0.05) is 25.2 Å². The molecule has 0 unspecified atom stereocenters. The Balaban J connectivity index is 1.63. The molecule has 0 fully saturated rings. The molecule has 8 heteroatoms. The highest BCUT2D eigenvalue weighted by Crippen LogP contribution is 2.34. The van der Waals surface area contributed by atoms with Crippen molar-refractivity contribution in [2.24, 2.45) is 0 Å². The lowest BCUT2D eigenvalue weighted by Crippen LogP contribution is -2.29. The molecule has 5 nitrogen and oxygen atoms in total. The van der Waals surface area contributed by atoms with E-state index in [4.69, 9.17) is 0 Å². The molecule has 2 aromatic carbocycles. The first-order valence-corrected chi connectivity index (χ1v) is 8.93. The highest BCUT2D eigenvalue weighted by atomic mass is 19.4. The van der Waals surface area contributed by atoms with Crippen LogP contribution in [-0.4, -0.2) is 18.5 Å². The van der Waals surface area contributed by atoms with Crippen LogP contribution in [0, 0.1) is 0 Å². The van der Waals surface area contributed by atoms with Crippen molar-refractivity contribution >= 4 is 23.3 Å². The van der Waals surface area contributed by atoms with Crippen LogP contribution in [-0.2, 0) is 23.9 Å². The standard InChI is InChI=1S/C20H20F3N3O2/c1-2-18(27)26-10-9-14-11-13(7-8-17(14)26)12-24-19(28)25-16-6-4-3-5-15(16)20(21,22)23/h3-8,11H,2,9-10,12H2,1H3,(H2,24,25,28). The summed E-state index contributed by atoms with van der Waals surface area (Å²) in [6, 6.07) is 9.63. The normalized spacial score (nSPS) is 13.2. The van der Waals surface area contributed by atoms with Crippen molar-refractivity contribution in [2.75, 3.05) is 16.8 Å². The fourth-order valence-electron chi connectivity index (χ4n) is 3.20. The Hall–Kier alpha value is -3.03. The van der Waals surface area contributed by atoms with E-state index >= 15 is 0 Å². The fraction of sp³-hybridized carbons (Fsp3) is 0.300. The van der Waals surface area contributed by atoms with Crippen molar-refractivity contribution in [1.29, 1.82) is 0 Å². The Bertz CT molecular complexity index is 897. The van der Waals surface area contributed by atoms with E-state index in [-0.39, 0.29) is 18.1 Å². The quantitative estimate of drug-likeness (QED) is 0.815. The van der Waals surface area contributed by atoms with Crippen LogP contribution < -0.4 is 15.5 Å². The molecule has 0 spiro atoms. The number of rotatable bonds is 4. The molecule has 0 saturated carbocycles. The summed E-state index contributed by atoms with van der Waals surface area (Å²) in [5.41, 5.74) is 1.51. The zero-order valence-electron chi connectivity index (χ0n) is 15.3. The minimum atomic E-state index is -4.55. The number of nitrogens with zero attached hydrogens (tertiary/aromatic N) is 1. The first kappa shape index (κ1) is 19.7. The van der Waals surface area contributed by atoms with E-state index < -0.39 is 17.8 Å². The van der Waals surface area contributed by atoms with Crippen LogP contribution in [0.25, 0.3) is 0 Å². The number of alkyl halides is 3. The van der Waals surface area contributed by atoms with E-state index in [0.717, 1.165) is 29.3 Å². The summed E-state index contributed by atoms with van der Waals surface area (Å²) in [7, 11) is 0. The molecule has 0 bridgehead atoms. The highest BCUT2D eigenvalue weighted by Gasteiger charge is 2.33. The predicted octanol–water partition coefficient (Wildman–Crippen LogP) is 4.33. The fourth-order valence-corrected chi connectivity index (χ4v) is 3.20. The number of benzene rings is 2. The van der Waals surface area contributed by atoms with Gasteiger partial charge in [0.15, 0.2) is 0 Å². The molecule has 1 aliphatic rings. The maximum atomic E-state index is 13.0. The smallest absolute Gasteiger partial charge is 0.334 e. The number of fused-ring (bicyclic) bond motifs is 1. The third-order valence-corrected chi connectivity index (χ3v) is 4.58. The van der Waals surface area contributed by atoms with Crippen LogP contribution >= 0.6 is 0 Å². The van der Waals surface area contributed by atoms with Crippen molar-refractivity contribution in [3.63, 3.8) is 0 Å². The molecule has 2 N–H and O–H groups in total. The summed E-state index contributed by atoms with van der Waals surface area (Å²) >= 11 is 0. The molecule has 1 heterocycles. The summed E-state index contributed by atoms with van der Waals surface area (Å²) in [6.45, 7) is 2.61. The monoisotopic (exact) mass is 391 g/mol. The molecule has 3 rings (SSSR count). The van der Waals surface area contributed by atoms with Gasteiger partial charge in [-0.2, -0.15) is 13.2 Å². The second kappa shape index (κ2) is 7.92. The highest BCUT2D eigenvalue weighted by molar-refractivity contribution is 5.95. The van der Waals surface area contributed by atoms with Crippen LogP contribution in [0.3, 0.4) is 0 Å². The second-order valence-corrected chi connectivity index (χ2v) is 6.46. The van der Waals surface area contributed by atoms with Gasteiger partial charge >= 0.3 is 12.2 Å². The number of carbonyl (C=O) groups is 2. The number of amides is 3. The van der Waals surface area contributed by atoms with Gasteiger partial charge < -0.3 is 15.5 Å². The van der Waals surface area contributed by atoms with E-state index in [9.17, 15) is 22.8 Å². The zero-order chi connectivity index (χ0) is 20.3. The van der Waals surface area contributed by atoms with Crippen molar-refractivity contribution < 1.29 is 22.8 Å². The molecular weight excluding hydrogens is 371 g/mol. The average molecular weight is 391 g/mol. The van der Waals surface area contributed by atoms with Crippen LogP contribution in [0.4, 0.5) is 29.3 Å². The number of urea groups is 1. The third kappa shape index (κ3) is 4.27. The van der Waals surface area contributed by atoms with E-state index in [0.29, 0.717) is 13.0 Å². The van der Waals surface area contributed by atoms with Crippen LogP contribution in [0.2, 0.25) is 0 Å². The largest absolute Gasteiger partial charge is 0.418 e. The SMILES string of the molecule is CCC(=O)N1CCc2cc(CNC(=O)Nc3ccccc3C(F)(F)F)ccc21. The number of halogens is 3. The molecule has 0 atom stereocenters. The van der Waals surface area contributed by atoms with Crippen molar-refractivity contribution in [1.82, 2.24) is 5.32 Å².